The fraction of sp³-hybridized carbons (Fsp3) is 0.533. The summed E-state index contributed by atoms with van der Waals surface area (Å²) in [4.78, 5) is 19.4. The summed E-state index contributed by atoms with van der Waals surface area (Å²) in [6.07, 6.45) is 8.55. The van der Waals surface area contributed by atoms with E-state index in [0.29, 0.717) is 29.5 Å². The summed E-state index contributed by atoms with van der Waals surface area (Å²) in [6, 6.07) is 11.3. The molecule has 1 amide bonds. The number of thiazole rings is 1. The highest BCUT2D eigenvalue weighted by Crippen LogP contribution is 2.40. The third-order valence-corrected chi connectivity index (χ3v) is 10.5. The zero-order chi connectivity index (χ0) is 27.6. The number of nitrogens with one attached hydrogen (secondary N) is 2. The van der Waals surface area contributed by atoms with Crippen molar-refractivity contribution in [3.8, 4) is 10.4 Å². The van der Waals surface area contributed by atoms with Crippen LogP contribution < -0.4 is 10.0 Å². The van der Waals surface area contributed by atoms with Gasteiger partial charge in [-0.1, -0.05) is 62.4 Å². The van der Waals surface area contributed by atoms with Crippen LogP contribution in [-0.2, 0) is 21.2 Å². The van der Waals surface area contributed by atoms with Crippen molar-refractivity contribution in [2.24, 2.45) is 5.92 Å². The van der Waals surface area contributed by atoms with Crippen LogP contribution in [0.15, 0.2) is 41.3 Å². The summed E-state index contributed by atoms with van der Waals surface area (Å²) < 4.78 is 34.9. The summed E-state index contributed by atoms with van der Waals surface area (Å²) in [5, 5.41) is 5.14. The minimum Gasteiger partial charge on any atom is -0.381 e. The molecule has 39 heavy (non-hydrogen) atoms. The molecular weight excluding hydrogens is 530 g/mol. The number of carbonyl (C=O) groups excluding carboxylic acids is 1. The molecule has 1 aliphatic heterocycles. The molecule has 1 aliphatic carbocycles. The Morgan fingerprint density at radius 2 is 1.69 bits per heavy atom. The van der Waals surface area contributed by atoms with E-state index >= 15 is 0 Å². The number of hydrogen-bond donors (Lipinski definition) is 2. The molecule has 1 saturated heterocycles. The van der Waals surface area contributed by atoms with Gasteiger partial charge in [-0.25, -0.2) is 18.1 Å². The van der Waals surface area contributed by atoms with Crippen LogP contribution in [-0.4, -0.2) is 44.1 Å². The van der Waals surface area contributed by atoms with Gasteiger partial charge in [0.25, 0.3) is 5.91 Å². The van der Waals surface area contributed by atoms with Gasteiger partial charge in [0.15, 0.2) is 5.01 Å². The van der Waals surface area contributed by atoms with E-state index in [9.17, 15) is 13.2 Å². The normalized spacial score (nSPS) is 17.9. The van der Waals surface area contributed by atoms with E-state index in [0.717, 1.165) is 40.8 Å². The molecular formula is C30H39N3O4S2. The van der Waals surface area contributed by atoms with Crippen molar-refractivity contribution in [1.29, 1.82) is 0 Å². The summed E-state index contributed by atoms with van der Waals surface area (Å²) >= 11 is 1.42. The molecule has 0 atom stereocenters. The molecule has 7 nitrogen and oxygen atoms in total. The monoisotopic (exact) mass is 569 g/mol. The van der Waals surface area contributed by atoms with Crippen molar-refractivity contribution in [2.75, 3.05) is 13.2 Å². The number of carbonyl (C=O) groups is 1. The third kappa shape index (κ3) is 6.70. The van der Waals surface area contributed by atoms with Gasteiger partial charge in [-0.05, 0) is 57.4 Å². The highest BCUT2D eigenvalue weighted by molar-refractivity contribution is 7.89. The molecule has 2 aliphatic rings. The first-order valence-electron chi connectivity index (χ1n) is 14.1. The number of benzene rings is 2. The molecule has 0 unspecified atom stereocenters. The average molecular weight is 570 g/mol. The van der Waals surface area contributed by atoms with Crippen LogP contribution in [0.4, 0.5) is 0 Å². The Kier molecular flexibility index (Phi) is 8.42. The number of fused-ring (bicyclic) bond motifs is 1. The lowest BCUT2D eigenvalue weighted by molar-refractivity contribution is 0.0696. The lowest BCUT2D eigenvalue weighted by Gasteiger charge is -2.22. The third-order valence-electron chi connectivity index (χ3n) is 7.51. The van der Waals surface area contributed by atoms with E-state index in [1.807, 2.05) is 51.1 Å². The number of amides is 1. The van der Waals surface area contributed by atoms with Crippen LogP contribution in [0.2, 0.25) is 0 Å². The smallest absolute Gasteiger partial charge is 0.280 e. The molecule has 0 spiro atoms. The Balaban J connectivity index is 1.56. The lowest BCUT2D eigenvalue weighted by Crippen LogP contribution is -2.40. The van der Waals surface area contributed by atoms with Gasteiger partial charge in [0.05, 0.1) is 15.5 Å². The first-order chi connectivity index (χ1) is 18.6. The molecule has 2 aromatic carbocycles. The highest BCUT2D eigenvalue weighted by atomic mass is 32.2. The van der Waals surface area contributed by atoms with Crippen molar-refractivity contribution in [2.45, 2.75) is 88.6 Å². The van der Waals surface area contributed by atoms with Gasteiger partial charge in [-0.15, -0.1) is 11.3 Å². The Labute approximate surface area is 235 Å². The second-order valence-electron chi connectivity index (χ2n) is 11.9. The molecule has 0 radical (unpaired) electrons. The predicted octanol–water partition coefficient (Wildman–Crippen LogP) is 6.07. The minimum absolute atomic E-state index is 0.0982. The van der Waals surface area contributed by atoms with Gasteiger partial charge >= 0.3 is 0 Å². The van der Waals surface area contributed by atoms with E-state index in [1.165, 1.54) is 43.4 Å². The van der Waals surface area contributed by atoms with E-state index in [1.54, 1.807) is 6.07 Å². The number of hydrogen-bond acceptors (Lipinski definition) is 6. The maximum absolute atomic E-state index is 13.3. The Morgan fingerprint density at radius 3 is 2.38 bits per heavy atom. The maximum Gasteiger partial charge on any atom is 0.280 e. The van der Waals surface area contributed by atoms with Gasteiger partial charge in [0, 0.05) is 35.7 Å². The Morgan fingerprint density at radius 1 is 1.00 bits per heavy atom. The first kappa shape index (κ1) is 28.2. The highest BCUT2D eigenvalue weighted by Gasteiger charge is 2.28. The quantitative estimate of drug-likeness (QED) is 0.360. The van der Waals surface area contributed by atoms with Crippen molar-refractivity contribution >= 4 is 38.0 Å². The van der Waals surface area contributed by atoms with Gasteiger partial charge in [-0.3, -0.25) is 4.79 Å². The van der Waals surface area contributed by atoms with Crippen LogP contribution in [0.5, 0.6) is 0 Å². The topological polar surface area (TPSA) is 97.4 Å². The van der Waals surface area contributed by atoms with E-state index < -0.39 is 15.6 Å². The van der Waals surface area contributed by atoms with Gasteiger partial charge in [0.1, 0.15) is 0 Å². The van der Waals surface area contributed by atoms with Crippen molar-refractivity contribution < 1.29 is 17.9 Å². The van der Waals surface area contributed by atoms with Crippen LogP contribution >= 0.6 is 11.3 Å². The largest absolute Gasteiger partial charge is 0.381 e. The van der Waals surface area contributed by atoms with Crippen LogP contribution in [0, 0.1) is 5.92 Å². The van der Waals surface area contributed by atoms with E-state index in [4.69, 9.17) is 9.72 Å². The van der Waals surface area contributed by atoms with Crippen LogP contribution in [0.3, 0.4) is 0 Å². The zero-order valence-corrected chi connectivity index (χ0v) is 24.7. The summed E-state index contributed by atoms with van der Waals surface area (Å²) in [5.74, 6) is 0.411. The van der Waals surface area contributed by atoms with Crippen molar-refractivity contribution in [3.63, 3.8) is 0 Å². The fourth-order valence-corrected chi connectivity index (χ4v) is 8.38. The first-order valence-corrected chi connectivity index (χ1v) is 16.3. The molecule has 2 heterocycles. The summed E-state index contributed by atoms with van der Waals surface area (Å²) in [6.45, 7) is 6.83. The van der Waals surface area contributed by atoms with E-state index in [2.05, 4.69) is 10.0 Å². The minimum atomic E-state index is -3.74. The lowest BCUT2D eigenvalue weighted by atomic mass is 9.85. The van der Waals surface area contributed by atoms with Gasteiger partial charge < -0.3 is 10.1 Å². The Bertz CT molecular complexity index is 1430. The van der Waals surface area contributed by atoms with Gasteiger partial charge in [0.2, 0.25) is 10.0 Å². The number of nitrogens with zero attached hydrogens (tertiary/aromatic N) is 1. The number of sulfonamides is 1. The standard InChI is InChI=1S/C30H39N3O4S2/c1-30(2,3)33-39(35,36)26-14-13-24(22-11-7-8-12-23(22)26)27-25(19-20-9-5-4-6-10-20)32-29(38-27)28(34)31-21-15-17-37-18-16-21/h7-8,11-14,20-21,33H,4-6,9-10,15-19H2,1-3H3,(H,31,34). The van der Waals surface area contributed by atoms with E-state index in [-0.39, 0.29) is 16.8 Å². The van der Waals surface area contributed by atoms with Crippen LogP contribution in [0.25, 0.3) is 21.2 Å². The SMILES string of the molecule is CC(C)(C)NS(=O)(=O)c1ccc(-c2sc(C(=O)NC3CCOCC3)nc2CC2CCCCC2)c2ccccc12. The molecule has 9 heteroatoms. The molecule has 5 rings (SSSR count). The van der Waals surface area contributed by atoms with Crippen molar-refractivity contribution in [3.05, 3.63) is 47.1 Å². The Hall–Kier alpha value is -2.33. The molecule has 0 bridgehead atoms. The van der Waals surface area contributed by atoms with Crippen molar-refractivity contribution in [1.82, 2.24) is 15.0 Å². The summed E-state index contributed by atoms with van der Waals surface area (Å²) in [7, 11) is -3.74. The summed E-state index contributed by atoms with van der Waals surface area (Å²) in [5.41, 5.74) is 1.27. The fourth-order valence-electron chi connectivity index (χ4n) is 5.71. The second kappa shape index (κ2) is 11.6. The number of ether oxygens (including phenoxy) is 1. The second-order valence-corrected chi connectivity index (χ2v) is 14.5. The molecule has 2 fully saturated rings. The molecule has 3 aromatic rings. The number of aromatic nitrogens is 1. The average Bonchev–Trinajstić information content (AvgIpc) is 3.31. The molecule has 2 N–H and O–H groups in total. The predicted molar refractivity (Wildman–Crippen MR) is 157 cm³/mol. The maximum atomic E-state index is 13.3. The molecule has 210 valence electrons. The molecule has 1 saturated carbocycles. The zero-order valence-electron chi connectivity index (χ0n) is 23.1. The number of rotatable bonds is 7. The van der Waals surface area contributed by atoms with Crippen LogP contribution in [0.1, 0.15) is 81.2 Å². The molecule has 1 aromatic heterocycles. The van der Waals surface area contributed by atoms with Gasteiger partial charge in [-0.2, -0.15) is 0 Å².